The summed E-state index contributed by atoms with van der Waals surface area (Å²) in [5.41, 5.74) is 10.7. The van der Waals surface area contributed by atoms with Crippen LogP contribution in [0.3, 0.4) is 0 Å². The van der Waals surface area contributed by atoms with Crippen molar-refractivity contribution in [3.8, 4) is 11.3 Å². The predicted molar refractivity (Wildman–Crippen MR) is 119 cm³/mol. The van der Waals surface area contributed by atoms with E-state index in [2.05, 4.69) is 15.6 Å². The summed E-state index contributed by atoms with van der Waals surface area (Å²) in [6, 6.07) is 7.65. The number of nitrogen functional groups attached to an aromatic ring is 1. The van der Waals surface area contributed by atoms with Crippen LogP contribution in [0.4, 0.5) is 24.9 Å². The summed E-state index contributed by atoms with van der Waals surface area (Å²) in [6.45, 7) is 3.41. The summed E-state index contributed by atoms with van der Waals surface area (Å²) in [6.07, 6.45) is -3.07. The van der Waals surface area contributed by atoms with E-state index in [1.807, 2.05) is 13.8 Å². The normalized spacial score (nSPS) is 13.3. The van der Waals surface area contributed by atoms with Crippen LogP contribution >= 0.6 is 0 Å². The molecule has 182 valence electrons. The maximum Gasteiger partial charge on any atom is 0.254 e. The number of hydrogen-bond acceptors (Lipinski definition) is 6. The van der Waals surface area contributed by atoms with E-state index in [-0.39, 0.29) is 35.4 Å². The Kier molecular flexibility index (Phi) is 6.99. The van der Waals surface area contributed by atoms with Crippen molar-refractivity contribution >= 4 is 23.5 Å². The Morgan fingerprint density at radius 2 is 1.88 bits per heavy atom. The van der Waals surface area contributed by atoms with Crippen molar-refractivity contribution in [3.05, 3.63) is 47.2 Å². The molecular formula is C22H25F3N6O3. The van der Waals surface area contributed by atoms with Gasteiger partial charge in [-0.05, 0) is 26.3 Å². The van der Waals surface area contributed by atoms with Crippen molar-refractivity contribution in [2.45, 2.75) is 45.1 Å². The number of benzene rings is 1. The van der Waals surface area contributed by atoms with E-state index in [0.717, 1.165) is 13.0 Å². The average Bonchev–Trinajstić information content (AvgIpc) is 3.38. The molecule has 0 aliphatic heterocycles. The van der Waals surface area contributed by atoms with Gasteiger partial charge in [-0.1, -0.05) is 29.4 Å². The maximum atomic E-state index is 13.2. The number of nitrogens with one attached hydrogen (secondary N) is 1. The van der Waals surface area contributed by atoms with Gasteiger partial charge in [0.2, 0.25) is 11.8 Å². The van der Waals surface area contributed by atoms with Gasteiger partial charge in [0.05, 0.1) is 6.42 Å². The Balaban J connectivity index is 1.73. The van der Waals surface area contributed by atoms with E-state index in [1.54, 1.807) is 24.3 Å². The van der Waals surface area contributed by atoms with Crippen LogP contribution in [0.15, 0.2) is 34.9 Å². The van der Waals surface area contributed by atoms with Gasteiger partial charge in [-0.2, -0.15) is 5.10 Å². The van der Waals surface area contributed by atoms with Crippen LogP contribution < -0.4 is 16.8 Å². The zero-order chi connectivity index (χ0) is 25.2. The Morgan fingerprint density at radius 3 is 2.41 bits per heavy atom. The molecule has 1 unspecified atom stereocenters. The van der Waals surface area contributed by atoms with E-state index in [4.69, 9.17) is 16.0 Å². The third-order valence-corrected chi connectivity index (χ3v) is 5.39. The van der Waals surface area contributed by atoms with Crippen molar-refractivity contribution < 1.29 is 27.3 Å². The van der Waals surface area contributed by atoms with Crippen LogP contribution in [0, 0.1) is 0 Å². The Morgan fingerprint density at radius 1 is 1.24 bits per heavy atom. The van der Waals surface area contributed by atoms with Gasteiger partial charge in [0.15, 0.2) is 0 Å². The summed E-state index contributed by atoms with van der Waals surface area (Å²) >= 11 is 0. The van der Waals surface area contributed by atoms with E-state index in [0.29, 0.717) is 16.8 Å². The molecule has 9 nitrogen and oxygen atoms in total. The minimum absolute atomic E-state index is 0.0726. The second-order valence-electron chi connectivity index (χ2n) is 8.36. The van der Waals surface area contributed by atoms with Crippen LogP contribution in [-0.4, -0.2) is 39.9 Å². The third-order valence-electron chi connectivity index (χ3n) is 5.39. The fourth-order valence-corrected chi connectivity index (χ4v) is 3.28. The zero-order valence-corrected chi connectivity index (χ0v) is 18.8. The molecule has 0 saturated heterocycles. The molecule has 0 saturated carbocycles. The average molecular weight is 478 g/mol. The maximum absolute atomic E-state index is 13.2. The molecule has 12 heteroatoms. The van der Waals surface area contributed by atoms with Crippen LogP contribution in [0.1, 0.15) is 48.4 Å². The topological polar surface area (TPSA) is 142 Å². The smallest absolute Gasteiger partial charge is 0.254 e. The molecule has 0 aliphatic carbocycles. The molecular weight excluding hydrogens is 453 g/mol. The molecule has 2 amide bonds. The molecule has 0 aliphatic rings. The lowest BCUT2D eigenvalue weighted by atomic mass is 9.89. The first kappa shape index (κ1) is 24.8. The summed E-state index contributed by atoms with van der Waals surface area (Å²) in [5, 5.41) is 10.3. The lowest BCUT2D eigenvalue weighted by Gasteiger charge is -2.21. The molecule has 0 radical (unpaired) electrons. The summed E-state index contributed by atoms with van der Waals surface area (Å²) < 4.78 is 45.8. The molecule has 2 aromatic heterocycles. The minimum Gasteiger partial charge on any atom is -0.383 e. The second-order valence-corrected chi connectivity index (χ2v) is 8.36. The highest BCUT2D eigenvalue weighted by molar-refractivity contribution is 6.03. The number of primary amides is 1. The van der Waals surface area contributed by atoms with Crippen molar-refractivity contribution in [1.29, 1.82) is 0 Å². The Labute approximate surface area is 193 Å². The Bertz CT molecular complexity index is 1190. The largest absolute Gasteiger partial charge is 0.383 e. The summed E-state index contributed by atoms with van der Waals surface area (Å²) in [4.78, 5) is 24.3. The molecule has 5 N–H and O–H groups in total. The van der Waals surface area contributed by atoms with E-state index in [9.17, 15) is 22.8 Å². The van der Waals surface area contributed by atoms with E-state index in [1.165, 1.54) is 4.68 Å². The fourth-order valence-electron chi connectivity index (χ4n) is 3.28. The first-order valence-corrected chi connectivity index (χ1v) is 10.4. The molecule has 34 heavy (non-hydrogen) atoms. The molecule has 0 fully saturated rings. The second kappa shape index (κ2) is 9.57. The quantitative estimate of drug-likeness (QED) is 0.430. The number of alkyl halides is 3. The molecule has 0 bridgehead atoms. The van der Waals surface area contributed by atoms with Gasteiger partial charge in [0.25, 0.3) is 12.3 Å². The third kappa shape index (κ3) is 4.75. The van der Waals surface area contributed by atoms with Gasteiger partial charge in [-0.15, -0.1) is 0 Å². The fraction of sp³-hybridized carbons (Fsp3) is 0.364. The summed E-state index contributed by atoms with van der Waals surface area (Å²) in [5.74, 6) is -1.20. The number of rotatable bonds is 9. The van der Waals surface area contributed by atoms with Gasteiger partial charge >= 0.3 is 0 Å². The lowest BCUT2D eigenvalue weighted by Crippen LogP contribution is -2.33. The molecule has 1 aromatic carbocycles. The van der Waals surface area contributed by atoms with Crippen molar-refractivity contribution in [2.75, 3.05) is 17.7 Å². The van der Waals surface area contributed by atoms with Crippen LogP contribution in [0.5, 0.6) is 0 Å². The SMILES string of the molecule is CC(C)n1nc(-c2ccc(CC(=O)Nc3cc(C(C)(CF)C(F)F)no3)cc2)c(C(N)=O)c1N. The highest BCUT2D eigenvalue weighted by Gasteiger charge is 2.40. The zero-order valence-electron chi connectivity index (χ0n) is 18.8. The van der Waals surface area contributed by atoms with Crippen LogP contribution in [0.25, 0.3) is 11.3 Å². The van der Waals surface area contributed by atoms with Gasteiger partial charge in [0.1, 0.15) is 34.9 Å². The first-order valence-electron chi connectivity index (χ1n) is 10.4. The number of nitrogens with zero attached hydrogens (tertiary/aromatic N) is 3. The Hall–Kier alpha value is -3.83. The number of amides is 2. The number of halogens is 3. The van der Waals surface area contributed by atoms with Crippen molar-refractivity contribution in [2.24, 2.45) is 5.73 Å². The number of anilines is 2. The van der Waals surface area contributed by atoms with Gasteiger partial charge in [-0.3, -0.25) is 14.9 Å². The summed E-state index contributed by atoms with van der Waals surface area (Å²) in [7, 11) is 0. The van der Waals surface area contributed by atoms with Crippen molar-refractivity contribution in [3.63, 3.8) is 0 Å². The van der Waals surface area contributed by atoms with Crippen LogP contribution in [-0.2, 0) is 16.6 Å². The molecule has 0 spiro atoms. The highest BCUT2D eigenvalue weighted by Crippen LogP contribution is 2.32. The van der Waals surface area contributed by atoms with Gasteiger partial charge in [0, 0.05) is 17.7 Å². The van der Waals surface area contributed by atoms with E-state index < -0.39 is 30.3 Å². The van der Waals surface area contributed by atoms with Gasteiger partial charge < -0.3 is 16.0 Å². The monoisotopic (exact) mass is 478 g/mol. The van der Waals surface area contributed by atoms with Crippen molar-refractivity contribution in [1.82, 2.24) is 14.9 Å². The molecule has 3 aromatic rings. The number of carbonyl (C=O) groups excluding carboxylic acids is 2. The molecule has 1 atom stereocenters. The standard InChI is InChI=1S/C22H25F3N6O3/c1-11(2)31-19(26)17(20(27)33)18(29-31)13-6-4-12(5-7-13)8-15(32)28-16-9-14(30-34-16)22(3,10-23)21(24)25/h4-7,9,11,21H,8,10,26H2,1-3H3,(H2,27,33)(H,28,32). The molecule has 3 rings (SSSR count). The number of hydrogen-bond donors (Lipinski definition) is 3. The van der Waals surface area contributed by atoms with E-state index >= 15 is 0 Å². The molecule has 2 heterocycles. The number of nitrogens with two attached hydrogens (primary N) is 2. The number of carbonyl (C=O) groups is 2. The van der Waals surface area contributed by atoms with Gasteiger partial charge in [-0.25, -0.2) is 17.9 Å². The lowest BCUT2D eigenvalue weighted by molar-refractivity contribution is -0.115. The first-order chi connectivity index (χ1) is 16.0. The minimum atomic E-state index is -3.00. The van der Waals surface area contributed by atoms with Crippen LogP contribution in [0.2, 0.25) is 0 Å². The number of aromatic nitrogens is 3. The highest BCUT2D eigenvalue weighted by atomic mass is 19.3. The predicted octanol–water partition coefficient (Wildman–Crippen LogP) is 3.47.